The Morgan fingerprint density at radius 1 is 1.15 bits per heavy atom. The molecule has 0 aromatic heterocycles. The summed E-state index contributed by atoms with van der Waals surface area (Å²) in [7, 11) is -3.64. The molecule has 1 heterocycles. The molecule has 8 heteroatoms. The molecule has 0 atom stereocenters. The normalized spacial score (nSPS) is 14.8. The van der Waals surface area contributed by atoms with Gasteiger partial charge in [-0.2, -0.15) is 9.57 Å². The van der Waals surface area contributed by atoms with Crippen molar-refractivity contribution in [2.75, 3.05) is 18.4 Å². The summed E-state index contributed by atoms with van der Waals surface area (Å²) in [5.41, 5.74) is 0.895. The van der Waals surface area contributed by atoms with Crippen molar-refractivity contribution in [1.29, 1.82) is 5.26 Å². The quantitative estimate of drug-likeness (QED) is 0.868. The Kier molecular flexibility index (Phi) is 5.28. The van der Waals surface area contributed by atoms with Crippen LogP contribution in [0.4, 0.5) is 5.69 Å². The Balaban J connectivity index is 1.90. The average Bonchev–Trinajstić information content (AvgIpc) is 3.17. The molecule has 0 unspecified atom stereocenters. The molecule has 0 saturated carbocycles. The minimum atomic E-state index is -3.64. The van der Waals surface area contributed by atoms with E-state index in [1.165, 1.54) is 28.6 Å². The molecule has 0 aliphatic carbocycles. The van der Waals surface area contributed by atoms with Crippen LogP contribution in [-0.4, -0.2) is 31.7 Å². The van der Waals surface area contributed by atoms with E-state index in [-0.39, 0.29) is 15.5 Å². The fraction of sp³-hybridized carbons (Fsp3) is 0.222. The first-order chi connectivity index (χ1) is 12.4. The molecule has 0 bridgehead atoms. The minimum Gasteiger partial charge on any atom is -0.322 e. The van der Waals surface area contributed by atoms with Gasteiger partial charge >= 0.3 is 0 Å². The summed E-state index contributed by atoms with van der Waals surface area (Å²) in [6.07, 6.45) is 1.66. The van der Waals surface area contributed by atoms with Crippen LogP contribution < -0.4 is 5.32 Å². The highest BCUT2D eigenvalue weighted by molar-refractivity contribution is 7.89. The number of rotatable bonds is 4. The molecule has 2 aromatic carbocycles. The summed E-state index contributed by atoms with van der Waals surface area (Å²) >= 11 is 6.10. The SMILES string of the molecule is N#Cc1cccc(NC(=O)c2cc(S(=O)(=O)N3CCCC3)ccc2Cl)c1. The predicted octanol–water partition coefficient (Wildman–Crippen LogP) is 3.25. The Morgan fingerprint density at radius 3 is 2.58 bits per heavy atom. The maximum atomic E-state index is 12.7. The fourth-order valence-corrected chi connectivity index (χ4v) is 4.53. The first kappa shape index (κ1) is 18.4. The van der Waals surface area contributed by atoms with Crippen LogP contribution in [0.2, 0.25) is 5.02 Å². The molecule has 1 aliphatic heterocycles. The van der Waals surface area contributed by atoms with Crippen LogP contribution in [0.15, 0.2) is 47.4 Å². The van der Waals surface area contributed by atoms with Crippen LogP contribution in [0, 0.1) is 11.3 Å². The first-order valence-corrected chi connectivity index (χ1v) is 9.85. The van der Waals surface area contributed by atoms with E-state index in [1.54, 1.807) is 18.2 Å². The summed E-state index contributed by atoms with van der Waals surface area (Å²) in [5.74, 6) is -0.538. The van der Waals surface area contributed by atoms with Crippen LogP contribution in [0.1, 0.15) is 28.8 Å². The van der Waals surface area contributed by atoms with Crippen molar-refractivity contribution in [3.8, 4) is 6.07 Å². The van der Waals surface area contributed by atoms with E-state index in [4.69, 9.17) is 16.9 Å². The molecule has 3 rings (SSSR count). The monoisotopic (exact) mass is 389 g/mol. The first-order valence-electron chi connectivity index (χ1n) is 8.03. The van der Waals surface area contributed by atoms with Gasteiger partial charge < -0.3 is 5.32 Å². The van der Waals surface area contributed by atoms with Crippen LogP contribution in [0.5, 0.6) is 0 Å². The number of hydrogen-bond acceptors (Lipinski definition) is 4. The zero-order valence-corrected chi connectivity index (χ0v) is 15.3. The highest BCUT2D eigenvalue weighted by Crippen LogP contribution is 2.26. The van der Waals surface area contributed by atoms with Crippen LogP contribution >= 0.6 is 11.6 Å². The van der Waals surface area contributed by atoms with Gasteiger partial charge in [0, 0.05) is 18.8 Å². The number of amides is 1. The number of nitriles is 1. The second-order valence-corrected chi connectivity index (χ2v) is 8.24. The van der Waals surface area contributed by atoms with Crippen molar-refractivity contribution >= 4 is 33.2 Å². The number of benzene rings is 2. The van der Waals surface area contributed by atoms with Crippen molar-refractivity contribution in [1.82, 2.24) is 4.31 Å². The summed E-state index contributed by atoms with van der Waals surface area (Å²) in [6, 6.07) is 12.5. The van der Waals surface area contributed by atoms with E-state index in [1.807, 2.05) is 6.07 Å². The van der Waals surface area contributed by atoms with Crippen LogP contribution in [-0.2, 0) is 10.0 Å². The third kappa shape index (κ3) is 3.73. The molecule has 6 nitrogen and oxygen atoms in total. The van der Waals surface area contributed by atoms with E-state index in [9.17, 15) is 13.2 Å². The van der Waals surface area contributed by atoms with E-state index in [0.717, 1.165) is 12.8 Å². The molecule has 1 saturated heterocycles. The molecule has 1 fully saturated rings. The van der Waals surface area contributed by atoms with Crippen LogP contribution in [0.25, 0.3) is 0 Å². The van der Waals surface area contributed by atoms with Gasteiger partial charge in [-0.25, -0.2) is 8.42 Å². The van der Waals surface area contributed by atoms with Crippen molar-refractivity contribution in [2.45, 2.75) is 17.7 Å². The number of carbonyl (C=O) groups is 1. The third-order valence-corrected chi connectivity index (χ3v) is 6.36. The average molecular weight is 390 g/mol. The highest BCUT2D eigenvalue weighted by atomic mass is 35.5. The van der Waals surface area contributed by atoms with Gasteiger partial charge in [0.25, 0.3) is 5.91 Å². The van der Waals surface area contributed by atoms with Crippen molar-refractivity contribution in [3.63, 3.8) is 0 Å². The topological polar surface area (TPSA) is 90.3 Å². The smallest absolute Gasteiger partial charge is 0.257 e. The zero-order valence-electron chi connectivity index (χ0n) is 13.8. The number of sulfonamides is 1. The Hall–Kier alpha value is -2.40. The molecule has 1 amide bonds. The van der Waals surface area contributed by atoms with Crippen molar-refractivity contribution in [2.24, 2.45) is 0 Å². The van der Waals surface area contributed by atoms with E-state index < -0.39 is 15.9 Å². The van der Waals surface area contributed by atoms with Gasteiger partial charge in [0.2, 0.25) is 10.0 Å². The lowest BCUT2D eigenvalue weighted by Crippen LogP contribution is -2.28. The van der Waals surface area contributed by atoms with Gasteiger partial charge in [0.1, 0.15) is 0 Å². The van der Waals surface area contributed by atoms with Crippen molar-refractivity contribution in [3.05, 3.63) is 58.6 Å². The number of anilines is 1. The Bertz CT molecular complexity index is 993. The van der Waals surface area contributed by atoms with Gasteiger partial charge in [-0.15, -0.1) is 0 Å². The number of nitrogens with zero attached hydrogens (tertiary/aromatic N) is 2. The lowest BCUT2D eigenvalue weighted by atomic mass is 10.2. The lowest BCUT2D eigenvalue weighted by molar-refractivity contribution is 0.102. The fourth-order valence-electron chi connectivity index (χ4n) is 2.78. The molecule has 2 aromatic rings. The number of carbonyl (C=O) groups excluding carboxylic acids is 1. The second kappa shape index (κ2) is 7.46. The molecule has 134 valence electrons. The summed E-state index contributed by atoms with van der Waals surface area (Å²) in [4.78, 5) is 12.6. The molecular weight excluding hydrogens is 374 g/mol. The maximum Gasteiger partial charge on any atom is 0.257 e. The third-order valence-electron chi connectivity index (χ3n) is 4.13. The lowest BCUT2D eigenvalue weighted by Gasteiger charge is -2.16. The molecule has 0 spiro atoms. The van der Waals surface area contributed by atoms with E-state index in [0.29, 0.717) is 24.3 Å². The molecular formula is C18H16ClN3O3S. The van der Waals surface area contributed by atoms with Gasteiger partial charge in [-0.05, 0) is 49.2 Å². The zero-order chi connectivity index (χ0) is 18.7. The minimum absolute atomic E-state index is 0.0414. The summed E-state index contributed by atoms with van der Waals surface area (Å²) in [5, 5.41) is 11.7. The van der Waals surface area contributed by atoms with Crippen LogP contribution in [0.3, 0.4) is 0 Å². The second-order valence-electron chi connectivity index (χ2n) is 5.90. The predicted molar refractivity (Wildman–Crippen MR) is 98.6 cm³/mol. The Labute approximate surface area is 157 Å². The largest absolute Gasteiger partial charge is 0.322 e. The van der Waals surface area contributed by atoms with Gasteiger partial charge in [-0.3, -0.25) is 4.79 Å². The molecule has 26 heavy (non-hydrogen) atoms. The summed E-state index contributed by atoms with van der Waals surface area (Å²) in [6.45, 7) is 0.959. The molecule has 1 N–H and O–H groups in total. The van der Waals surface area contributed by atoms with Crippen molar-refractivity contribution < 1.29 is 13.2 Å². The standard InChI is InChI=1S/C18H16ClN3O3S/c19-17-7-6-15(26(24,25)22-8-1-2-9-22)11-16(17)18(23)21-14-5-3-4-13(10-14)12-20/h3-7,10-11H,1-2,8-9H2,(H,21,23). The Morgan fingerprint density at radius 2 is 1.88 bits per heavy atom. The van der Waals surface area contributed by atoms with Gasteiger partial charge in [-0.1, -0.05) is 17.7 Å². The number of halogens is 1. The highest BCUT2D eigenvalue weighted by Gasteiger charge is 2.28. The number of nitrogens with one attached hydrogen (secondary N) is 1. The van der Waals surface area contributed by atoms with Gasteiger partial charge in [0.05, 0.1) is 27.1 Å². The van der Waals surface area contributed by atoms with Gasteiger partial charge in [0.15, 0.2) is 0 Å². The summed E-state index contributed by atoms with van der Waals surface area (Å²) < 4.78 is 26.8. The number of hydrogen-bond donors (Lipinski definition) is 1. The molecule has 0 radical (unpaired) electrons. The van der Waals surface area contributed by atoms with E-state index in [2.05, 4.69) is 5.32 Å². The maximum absolute atomic E-state index is 12.7. The van der Waals surface area contributed by atoms with E-state index >= 15 is 0 Å². The molecule has 1 aliphatic rings.